The van der Waals surface area contributed by atoms with E-state index in [0.717, 1.165) is 11.1 Å². The second-order valence-corrected chi connectivity index (χ2v) is 8.59. The van der Waals surface area contributed by atoms with Gasteiger partial charge in [-0.15, -0.1) is 0 Å². The first-order valence-corrected chi connectivity index (χ1v) is 10.3. The Kier molecular flexibility index (Phi) is 7.34. The first-order valence-electron chi connectivity index (χ1n) is 8.86. The van der Waals surface area contributed by atoms with E-state index in [-0.39, 0.29) is 25.0 Å². The first kappa shape index (κ1) is 21.3. The van der Waals surface area contributed by atoms with Gasteiger partial charge in [-0.3, -0.25) is 4.79 Å². The van der Waals surface area contributed by atoms with Crippen LogP contribution in [0.2, 0.25) is 0 Å². The van der Waals surface area contributed by atoms with Crippen molar-refractivity contribution in [3.63, 3.8) is 0 Å². The van der Waals surface area contributed by atoms with Crippen LogP contribution in [-0.4, -0.2) is 62.6 Å². The smallest absolute Gasteiger partial charge is 0.329 e. The number of nitrogens with one attached hydrogen (secondary N) is 1. The zero-order chi connectivity index (χ0) is 20.0. The van der Waals surface area contributed by atoms with Crippen LogP contribution in [0.1, 0.15) is 24.0 Å². The normalized spacial score (nSPS) is 16.2. The summed E-state index contributed by atoms with van der Waals surface area (Å²) in [6.07, 6.45) is 0.901. The Morgan fingerprint density at radius 1 is 1.26 bits per heavy atom. The van der Waals surface area contributed by atoms with Gasteiger partial charge in [0.15, 0.2) is 0 Å². The molecule has 1 fully saturated rings. The monoisotopic (exact) mass is 398 g/mol. The van der Waals surface area contributed by atoms with Crippen molar-refractivity contribution in [1.82, 2.24) is 9.62 Å². The highest BCUT2D eigenvalue weighted by Crippen LogP contribution is 2.26. The van der Waals surface area contributed by atoms with Gasteiger partial charge in [-0.1, -0.05) is 17.7 Å². The Bertz CT molecular complexity index is 785. The number of carbonyl (C=O) groups is 2. The average Bonchev–Trinajstić information content (AvgIpc) is 2.60. The van der Waals surface area contributed by atoms with E-state index in [2.05, 4.69) is 5.32 Å². The van der Waals surface area contributed by atoms with Crippen LogP contribution in [0.25, 0.3) is 0 Å². The van der Waals surface area contributed by atoms with Crippen LogP contribution in [-0.2, 0) is 24.3 Å². The van der Waals surface area contributed by atoms with Crippen molar-refractivity contribution in [2.45, 2.75) is 31.6 Å². The summed E-state index contributed by atoms with van der Waals surface area (Å²) in [5, 5.41) is 11.2. The van der Waals surface area contributed by atoms with E-state index in [1.807, 2.05) is 13.0 Å². The van der Waals surface area contributed by atoms with Crippen molar-refractivity contribution in [2.24, 2.45) is 5.92 Å². The van der Waals surface area contributed by atoms with E-state index < -0.39 is 22.6 Å². The maximum absolute atomic E-state index is 12.9. The minimum Gasteiger partial charge on any atom is -0.480 e. The van der Waals surface area contributed by atoms with Crippen molar-refractivity contribution in [1.29, 1.82) is 0 Å². The van der Waals surface area contributed by atoms with Gasteiger partial charge in [0, 0.05) is 25.6 Å². The largest absolute Gasteiger partial charge is 0.480 e. The lowest BCUT2D eigenvalue weighted by atomic mass is 9.97. The summed E-state index contributed by atoms with van der Waals surface area (Å²) in [5.74, 6) is -1.47. The number of aliphatic carboxylic acids is 1. The lowest BCUT2D eigenvalue weighted by Crippen LogP contribution is -2.43. The third kappa shape index (κ3) is 5.75. The van der Waals surface area contributed by atoms with Crippen LogP contribution >= 0.6 is 0 Å². The molecule has 1 aromatic rings. The second-order valence-electron chi connectivity index (χ2n) is 6.68. The van der Waals surface area contributed by atoms with Gasteiger partial charge in [0.25, 0.3) is 0 Å². The van der Waals surface area contributed by atoms with Crippen LogP contribution in [0, 0.1) is 19.8 Å². The zero-order valence-corrected chi connectivity index (χ0v) is 16.4. The Morgan fingerprint density at radius 2 is 1.93 bits per heavy atom. The molecule has 0 radical (unpaired) electrons. The van der Waals surface area contributed by atoms with E-state index in [0.29, 0.717) is 30.8 Å². The fraction of sp³-hybridized carbons (Fsp3) is 0.556. The number of amides is 1. The average molecular weight is 398 g/mol. The SMILES string of the molecule is Cc1ccc(S(=O)(=O)N2CCC(C(=O)NCCOCC(=O)O)CC2)c(C)c1. The number of nitrogens with zero attached hydrogens (tertiary/aromatic N) is 1. The van der Waals surface area contributed by atoms with Crippen LogP contribution in [0.5, 0.6) is 0 Å². The maximum atomic E-state index is 12.9. The molecule has 1 amide bonds. The van der Waals surface area contributed by atoms with Gasteiger partial charge >= 0.3 is 5.97 Å². The molecule has 150 valence electrons. The molecule has 1 aromatic carbocycles. The zero-order valence-electron chi connectivity index (χ0n) is 15.6. The van der Waals surface area contributed by atoms with Crippen molar-refractivity contribution in [3.05, 3.63) is 29.3 Å². The molecule has 8 nitrogen and oxygen atoms in total. The number of ether oxygens (including phenoxy) is 1. The molecule has 2 rings (SSSR count). The van der Waals surface area contributed by atoms with Crippen LogP contribution in [0.3, 0.4) is 0 Å². The number of aryl methyl sites for hydroxylation is 2. The molecule has 9 heteroatoms. The molecule has 2 N–H and O–H groups in total. The molecule has 0 spiro atoms. The third-order valence-electron chi connectivity index (χ3n) is 4.54. The molecule has 0 aliphatic carbocycles. The number of benzene rings is 1. The Morgan fingerprint density at radius 3 is 2.52 bits per heavy atom. The maximum Gasteiger partial charge on any atom is 0.329 e. The molecule has 1 heterocycles. The molecular formula is C18H26N2O6S. The standard InChI is InChI=1S/C18H26N2O6S/c1-13-3-4-16(14(2)11-13)27(24,25)20-8-5-15(6-9-20)18(23)19-7-10-26-12-17(21)22/h3-4,11,15H,5-10,12H2,1-2H3,(H,19,23)(H,21,22). The molecular weight excluding hydrogens is 372 g/mol. The number of carbonyl (C=O) groups excluding carboxylic acids is 1. The van der Waals surface area contributed by atoms with E-state index in [9.17, 15) is 18.0 Å². The molecule has 0 atom stereocenters. The van der Waals surface area contributed by atoms with Crippen molar-refractivity contribution < 1.29 is 27.9 Å². The number of rotatable bonds is 8. The van der Waals surface area contributed by atoms with Crippen LogP contribution in [0.4, 0.5) is 0 Å². The third-order valence-corrected chi connectivity index (χ3v) is 6.60. The number of carboxylic acids is 1. The van der Waals surface area contributed by atoms with Crippen molar-refractivity contribution in [3.8, 4) is 0 Å². The molecule has 0 unspecified atom stereocenters. The van der Waals surface area contributed by atoms with Crippen LogP contribution in [0.15, 0.2) is 23.1 Å². The molecule has 1 saturated heterocycles. The predicted molar refractivity (Wildman–Crippen MR) is 98.9 cm³/mol. The van der Waals surface area contributed by atoms with Gasteiger partial charge in [0.2, 0.25) is 15.9 Å². The van der Waals surface area contributed by atoms with E-state index >= 15 is 0 Å². The highest BCUT2D eigenvalue weighted by Gasteiger charge is 2.32. The Balaban J connectivity index is 1.85. The van der Waals surface area contributed by atoms with Crippen LogP contribution < -0.4 is 5.32 Å². The molecule has 1 aliphatic heterocycles. The number of hydrogen-bond donors (Lipinski definition) is 2. The van der Waals surface area contributed by atoms with Gasteiger partial charge in [-0.2, -0.15) is 4.31 Å². The Hall–Kier alpha value is -1.97. The molecule has 0 aromatic heterocycles. The molecule has 0 bridgehead atoms. The summed E-state index contributed by atoms with van der Waals surface area (Å²) in [6, 6.07) is 5.27. The minimum atomic E-state index is -3.57. The highest BCUT2D eigenvalue weighted by atomic mass is 32.2. The van der Waals surface area contributed by atoms with E-state index in [1.54, 1.807) is 19.1 Å². The van der Waals surface area contributed by atoms with Gasteiger partial charge in [0.05, 0.1) is 11.5 Å². The first-order chi connectivity index (χ1) is 12.7. The number of piperidine rings is 1. The molecule has 1 aliphatic rings. The van der Waals surface area contributed by atoms with E-state index in [1.165, 1.54) is 4.31 Å². The quantitative estimate of drug-likeness (QED) is 0.630. The predicted octanol–water partition coefficient (Wildman–Crippen LogP) is 0.922. The summed E-state index contributed by atoms with van der Waals surface area (Å²) in [4.78, 5) is 22.8. The van der Waals surface area contributed by atoms with Gasteiger partial charge in [-0.05, 0) is 38.3 Å². The number of sulfonamides is 1. The molecule has 27 heavy (non-hydrogen) atoms. The molecule has 0 saturated carbocycles. The van der Waals surface area contributed by atoms with E-state index in [4.69, 9.17) is 9.84 Å². The van der Waals surface area contributed by atoms with Gasteiger partial charge < -0.3 is 15.2 Å². The van der Waals surface area contributed by atoms with Gasteiger partial charge in [-0.25, -0.2) is 13.2 Å². The topological polar surface area (TPSA) is 113 Å². The fourth-order valence-corrected chi connectivity index (χ4v) is 4.81. The lowest BCUT2D eigenvalue weighted by molar-refractivity contribution is -0.142. The summed E-state index contributed by atoms with van der Waals surface area (Å²) in [7, 11) is -3.57. The van der Waals surface area contributed by atoms with Crippen molar-refractivity contribution >= 4 is 21.9 Å². The second kappa shape index (κ2) is 9.29. The lowest BCUT2D eigenvalue weighted by Gasteiger charge is -2.31. The summed E-state index contributed by atoms with van der Waals surface area (Å²) >= 11 is 0. The summed E-state index contributed by atoms with van der Waals surface area (Å²) in [5.41, 5.74) is 1.73. The van der Waals surface area contributed by atoms with Gasteiger partial charge in [0.1, 0.15) is 6.61 Å². The Labute approximate surface area is 159 Å². The fourth-order valence-electron chi connectivity index (χ4n) is 3.14. The summed E-state index contributed by atoms with van der Waals surface area (Å²) < 4.78 is 32.0. The number of hydrogen-bond acceptors (Lipinski definition) is 5. The van der Waals surface area contributed by atoms with Crippen molar-refractivity contribution in [2.75, 3.05) is 32.8 Å². The summed E-state index contributed by atoms with van der Waals surface area (Å²) in [6.45, 7) is 4.24. The minimum absolute atomic E-state index is 0.123. The number of carboxylic acid groups (broad SMARTS) is 1. The highest BCUT2D eigenvalue weighted by molar-refractivity contribution is 7.89.